The van der Waals surface area contributed by atoms with E-state index in [2.05, 4.69) is 10.3 Å². The number of carbonyl (C=O) groups is 1. The lowest BCUT2D eigenvalue weighted by atomic mass is 10.1. The van der Waals surface area contributed by atoms with Gasteiger partial charge in [0.2, 0.25) is 0 Å². The molecule has 0 aliphatic carbocycles. The van der Waals surface area contributed by atoms with Gasteiger partial charge < -0.3 is 15.2 Å². The summed E-state index contributed by atoms with van der Waals surface area (Å²) < 4.78 is 68.5. The van der Waals surface area contributed by atoms with E-state index in [1.54, 1.807) is 50.2 Å². The smallest absolute Gasteiger partial charge is 0.416 e. The van der Waals surface area contributed by atoms with Gasteiger partial charge in [0, 0.05) is 22.7 Å². The molecule has 1 heterocycles. The number of rotatable bonds is 9. The first-order valence-corrected chi connectivity index (χ1v) is 14.0. The largest absolute Gasteiger partial charge is 0.488 e. The normalized spacial score (nSPS) is 12.8. The quantitative estimate of drug-likeness (QED) is 0.278. The minimum atomic E-state index is -4.42. The first kappa shape index (κ1) is 29.0. The molecule has 0 radical (unpaired) electrons. The Bertz CT molecular complexity index is 1620. The van der Waals surface area contributed by atoms with Crippen molar-refractivity contribution in [2.24, 2.45) is 0 Å². The number of aromatic nitrogens is 1. The summed E-state index contributed by atoms with van der Waals surface area (Å²) in [7, 11) is -3.38. The Morgan fingerprint density at radius 3 is 2.30 bits per heavy atom. The average molecular weight is 573 g/mol. The van der Waals surface area contributed by atoms with E-state index in [4.69, 9.17) is 4.74 Å². The van der Waals surface area contributed by atoms with E-state index in [0.29, 0.717) is 33.5 Å². The van der Waals surface area contributed by atoms with Crippen LogP contribution in [0.3, 0.4) is 0 Å². The monoisotopic (exact) mass is 572 g/mol. The number of hydrogen-bond donors (Lipinski definition) is 2. The highest BCUT2D eigenvalue weighted by molar-refractivity contribution is 7.91. The molecule has 1 aromatic heterocycles. The molecule has 1 atom stereocenters. The van der Waals surface area contributed by atoms with Crippen LogP contribution in [-0.2, 0) is 22.6 Å². The molecular formula is C29H27F3N2O5S. The molecule has 4 rings (SSSR count). The number of carbonyl (C=O) groups excluding carboxylic acids is 1. The second-order valence-electron chi connectivity index (χ2n) is 9.16. The van der Waals surface area contributed by atoms with Crippen LogP contribution in [0.1, 0.15) is 45.7 Å². The lowest BCUT2D eigenvalue weighted by Gasteiger charge is -2.18. The Balaban J connectivity index is 1.51. The predicted octanol–water partition coefficient (Wildman–Crippen LogP) is 5.40. The lowest BCUT2D eigenvalue weighted by molar-refractivity contribution is -0.137. The average Bonchev–Trinajstić information content (AvgIpc) is 2.93. The zero-order valence-corrected chi connectivity index (χ0v) is 22.5. The van der Waals surface area contributed by atoms with Crippen LogP contribution in [0.25, 0.3) is 10.9 Å². The molecule has 1 amide bonds. The molecule has 1 unspecified atom stereocenters. The SMILES string of the molecule is CCS(=O)(=O)c1ccc(C(CO)NC(=O)c2ccc3c(OCc4ccc(C(F)(F)F)cc4)cc(C)nc3c2)cc1. The number of nitrogens with one attached hydrogen (secondary N) is 1. The van der Waals surface area contributed by atoms with Crippen LogP contribution in [0.15, 0.2) is 77.7 Å². The standard InChI is InChI=1S/C29H27F3N2O5S/c1-3-40(37,38)23-11-6-20(7-12-23)26(16-35)34-28(36)21-8-13-24-25(15-21)33-18(2)14-27(24)39-17-19-4-9-22(10-5-19)29(30,31)32/h4-15,26,35H,3,16-17H2,1-2H3,(H,34,36). The van der Waals surface area contributed by atoms with Crippen molar-refractivity contribution < 1.29 is 36.2 Å². The van der Waals surface area contributed by atoms with E-state index in [0.717, 1.165) is 12.1 Å². The molecule has 0 spiro atoms. The maximum atomic E-state index is 13.0. The van der Waals surface area contributed by atoms with E-state index in [-0.39, 0.29) is 22.8 Å². The van der Waals surface area contributed by atoms with Crippen LogP contribution in [0.4, 0.5) is 13.2 Å². The number of amides is 1. The third kappa shape index (κ3) is 6.60. The van der Waals surface area contributed by atoms with Crippen LogP contribution in [-0.4, -0.2) is 36.8 Å². The second kappa shape index (κ2) is 11.6. The van der Waals surface area contributed by atoms with Crippen molar-refractivity contribution in [2.75, 3.05) is 12.4 Å². The van der Waals surface area contributed by atoms with Crippen molar-refractivity contribution in [1.82, 2.24) is 10.3 Å². The third-order valence-electron chi connectivity index (χ3n) is 6.35. The number of hydrogen-bond acceptors (Lipinski definition) is 6. The van der Waals surface area contributed by atoms with E-state index >= 15 is 0 Å². The zero-order chi connectivity index (χ0) is 29.1. The predicted molar refractivity (Wildman–Crippen MR) is 144 cm³/mol. The molecule has 210 valence electrons. The molecule has 40 heavy (non-hydrogen) atoms. The molecule has 2 N–H and O–H groups in total. The topological polar surface area (TPSA) is 106 Å². The van der Waals surface area contributed by atoms with Gasteiger partial charge >= 0.3 is 6.18 Å². The molecule has 0 saturated heterocycles. The van der Waals surface area contributed by atoms with Crippen molar-refractivity contribution in [1.29, 1.82) is 0 Å². The number of ether oxygens (including phenoxy) is 1. The maximum Gasteiger partial charge on any atom is 0.416 e. The van der Waals surface area contributed by atoms with Crippen molar-refractivity contribution in [3.8, 4) is 5.75 Å². The number of halogens is 3. The number of aryl methyl sites for hydroxylation is 1. The van der Waals surface area contributed by atoms with Crippen molar-refractivity contribution in [2.45, 2.75) is 37.6 Å². The fourth-order valence-electron chi connectivity index (χ4n) is 4.08. The number of fused-ring (bicyclic) bond motifs is 1. The number of sulfone groups is 1. The summed E-state index contributed by atoms with van der Waals surface area (Å²) in [5.74, 6) is -0.0458. The molecule has 0 saturated carbocycles. The van der Waals surface area contributed by atoms with E-state index < -0.39 is 40.1 Å². The van der Waals surface area contributed by atoms with Gasteiger partial charge in [-0.05, 0) is 60.5 Å². The Morgan fingerprint density at radius 2 is 1.70 bits per heavy atom. The molecular weight excluding hydrogens is 545 g/mol. The van der Waals surface area contributed by atoms with E-state index in [9.17, 15) is 31.5 Å². The van der Waals surface area contributed by atoms with Crippen molar-refractivity contribution >= 4 is 26.6 Å². The minimum Gasteiger partial charge on any atom is -0.488 e. The Morgan fingerprint density at radius 1 is 1.02 bits per heavy atom. The first-order valence-electron chi connectivity index (χ1n) is 12.4. The summed E-state index contributed by atoms with van der Waals surface area (Å²) in [6.45, 7) is 2.93. The molecule has 0 bridgehead atoms. The highest BCUT2D eigenvalue weighted by Crippen LogP contribution is 2.30. The van der Waals surface area contributed by atoms with Gasteiger partial charge in [0.05, 0.1) is 34.4 Å². The Kier molecular flexibility index (Phi) is 8.45. The Labute approximate surface area is 229 Å². The molecule has 0 aliphatic rings. The number of benzene rings is 3. The highest BCUT2D eigenvalue weighted by atomic mass is 32.2. The molecule has 3 aromatic carbocycles. The number of aliphatic hydroxyl groups excluding tert-OH is 1. The first-order chi connectivity index (χ1) is 18.9. The maximum absolute atomic E-state index is 13.0. The van der Waals surface area contributed by atoms with Crippen LogP contribution >= 0.6 is 0 Å². The zero-order valence-electron chi connectivity index (χ0n) is 21.7. The Hall–Kier alpha value is -3.96. The molecule has 0 aliphatic heterocycles. The third-order valence-corrected chi connectivity index (χ3v) is 8.10. The van der Waals surface area contributed by atoms with Crippen molar-refractivity contribution in [3.05, 3.63) is 101 Å². The number of nitrogens with zero attached hydrogens (tertiary/aromatic N) is 1. The fourth-order valence-corrected chi connectivity index (χ4v) is 4.97. The lowest BCUT2D eigenvalue weighted by Crippen LogP contribution is -2.30. The van der Waals surface area contributed by atoms with Crippen LogP contribution in [0.5, 0.6) is 5.75 Å². The number of aliphatic hydroxyl groups is 1. The number of pyridine rings is 1. The van der Waals surface area contributed by atoms with Gasteiger partial charge in [0.15, 0.2) is 9.84 Å². The summed E-state index contributed by atoms with van der Waals surface area (Å²) in [5, 5.41) is 13.2. The molecule has 7 nitrogen and oxygen atoms in total. The fraction of sp³-hybridized carbons (Fsp3) is 0.241. The molecule has 0 fully saturated rings. The summed E-state index contributed by atoms with van der Waals surface area (Å²) in [4.78, 5) is 17.7. The van der Waals surface area contributed by atoms with Crippen LogP contribution in [0.2, 0.25) is 0 Å². The number of alkyl halides is 3. The summed E-state index contributed by atoms with van der Waals surface area (Å²) in [6.07, 6.45) is -4.42. The minimum absolute atomic E-state index is 0.0372. The summed E-state index contributed by atoms with van der Waals surface area (Å²) >= 11 is 0. The van der Waals surface area contributed by atoms with Gasteiger partial charge in [0.25, 0.3) is 5.91 Å². The summed E-state index contributed by atoms with van der Waals surface area (Å²) in [5.41, 5.74) is 1.73. The van der Waals surface area contributed by atoms with Gasteiger partial charge in [-0.25, -0.2) is 8.42 Å². The van der Waals surface area contributed by atoms with Gasteiger partial charge in [-0.3, -0.25) is 9.78 Å². The van der Waals surface area contributed by atoms with E-state index in [1.807, 2.05) is 0 Å². The van der Waals surface area contributed by atoms with Gasteiger partial charge in [-0.15, -0.1) is 0 Å². The highest BCUT2D eigenvalue weighted by Gasteiger charge is 2.30. The molecule has 4 aromatic rings. The second-order valence-corrected chi connectivity index (χ2v) is 11.4. The van der Waals surface area contributed by atoms with Gasteiger partial charge in [-0.1, -0.05) is 31.2 Å². The van der Waals surface area contributed by atoms with Gasteiger partial charge in [0.1, 0.15) is 12.4 Å². The van der Waals surface area contributed by atoms with Crippen molar-refractivity contribution in [3.63, 3.8) is 0 Å². The van der Waals surface area contributed by atoms with Crippen LogP contribution < -0.4 is 10.1 Å². The van der Waals surface area contributed by atoms with Crippen LogP contribution in [0, 0.1) is 6.92 Å². The molecule has 11 heteroatoms. The summed E-state index contributed by atoms with van der Waals surface area (Å²) in [6, 6.07) is 16.5. The van der Waals surface area contributed by atoms with Gasteiger partial charge in [-0.2, -0.15) is 13.2 Å². The van der Waals surface area contributed by atoms with E-state index in [1.165, 1.54) is 24.3 Å².